The molecule has 1 aliphatic rings. The van der Waals surface area contributed by atoms with Crippen molar-refractivity contribution in [3.8, 4) is 5.75 Å². The minimum atomic E-state index is -0.807. The fourth-order valence-electron chi connectivity index (χ4n) is 1.62. The van der Waals surface area contributed by atoms with Gasteiger partial charge >= 0.3 is 0 Å². The van der Waals surface area contributed by atoms with E-state index >= 15 is 0 Å². The second-order valence-corrected chi connectivity index (χ2v) is 3.75. The van der Waals surface area contributed by atoms with E-state index in [1.165, 1.54) is 6.07 Å². The maximum atomic E-state index is 13.5. The number of nitrogens with zero attached hydrogens (tertiary/aromatic N) is 1. The molecule has 1 fully saturated rings. The molecule has 0 bridgehead atoms. The Morgan fingerprint density at radius 1 is 1.53 bits per heavy atom. The number of β-amino-alcohol motifs (C(OH)–C–C–N with tert-alkyl or cyclic N) is 1. The summed E-state index contributed by atoms with van der Waals surface area (Å²) in [7, 11) is 0. The highest BCUT2D eigenvalue weighted by Gasteiger charge is 2.27. The van der Waals surface area contributed by atoms with Crippen LogP contribution in [-0.2, 0) is 0 Å². The third kappa shape index (κ3) is 2.51. The molecule has 1 aliphatic heterocycles. The monoisotopic (exact) mass is 242 g/mol. The summed E-state index contributed by atoms with van der Waals surface area (Å²) < 4.78 is 18.7. The van der Waals surface area contributed by atoms with E-state index in [-0.39, 0.29) is 11.4 Å². The predicted octanol–water partition coefficient (Wildman–Crippen LogP) is 0.445. The van der Waals surface area contributed by atoms with Gasteiger partial charge in [-0.15, -0.1) is 0 Å². The number of benzene rings is 1. The Balaban J connectivity index is 2.14. The molecule has 1 saturated heterocycles. The summed E-state index contributed by atoms with van der Waals surface area (Å²) in [5.74, 6) is -0.901. The maximum absolute atomic E-state index is 13.5. The van der Waals surface area contributed by atoms with E-state index in [9.17, 15) is 19.6 Å². The van der Waals surface area contributed by atoms with Crippen LogP contribution in [0.3, 0.4) is 0 Å². The van der Waals surface area contributed by atoms with Crippen molar-refractivity contribution >= 4 is 5.69 Å². The zero-order chi connectivity index (χ0) is 12.4. The Morgan fingerprint density at radius 3 is 2.82 bits per heavy atom. The molecule has 2 rings (SSSR count). The highest BCUT2D eigenvalue weighted by atomic mass is 19.1. The molecule has 0 spiro atoms. The van der Waals surface area contributed by atoms with Crippen molar-refractivity contribution in [2.45, 2.75) is 12.2 Å². The summed E-state index contributed by atoms with van der Waals surface area (Å²) in [5, 5.41) is 22.8. The lowest BCUT2D eigenvalue weighted by Crippen LogP contribution is -2.30. The van der Waals surface area contributed by atoms with E-state index in [0.717, 1.165) is 12.1 Å². The third-order valence-corrected chi connectivity index (χ3v) is 2.53. The number of rotatable bonds is 3. The number of non-ortho nitro benzene ring substituents is 1. The SMILES string of the molecule is O=[N+]([O-])c1ccc(OC2CNCC2O)c(F)c1. The molecule has 0 amide bonds. The first-order chi connectivity index (χ1) is 8.08. The van der Waals surface area contributed by atoms with Crippen LogP contribution in [-0.4, -0.2) is 35.3 Å². The first-order valence-corrected chi connectivity index (χ1v) is 5.07. The van der Waals surface area contributed by atoms with E-state index in [0.29, 0.717) is 13.1 Å². The summed E-state index contributed by atoms with van der Waals surface area (Å²) in [6.07, 6.45) is -1.24. The molecule has 1 heterocycles. The number of nitro benzene ring substituents is 1. The smallest absolute Gasteiger partial charge is 0.272 e. The standard InChI is InChI=1S/C10H11FN2O4/c11-7-3-6(13(15)16)1-2-9(7)17-10-5-12-4-8(10)14/h1-3,8,10,12,14H,4-5H2. The quantitative estimate of drug-likeness (QED) is 0.593. The lowest BCUT2D eigenvalue weighted by Gasteiger charge is -2.16. The average Bonchev–Trinajstić information content (AvgIpc) is 2.67. The minimum absolute atomic E-state index is 0.0941. The van der Waals surface area contributed by atoms with Gasteiger partial charge in [0.05, 0.1) is 11.0 Å². The van der Waals surface area contributed by atoms with Gasteiger partial charge < -0.3 is 15.2 Å². The Labute approximate surface area is 96.2 Å². The Kier molecular flexibility index (Phi) is 3.21. The van der Waals surface area contributed by atoms with Gasteiger partial charge in [-0.3, -0.25) is 10.1 Å². The number of nitrogens with one attached hydrogen (secondary N) is 1. The van der Waals surface area contributed by atoms with Gasteiger partial charge in [0.2, 0.25) is 0 Å². The lowest BCUT2D eigenvalue weighted by atomic mass is 10.2. The number of nitro groups is 1. The second kappa shape index (κ2) is 4.64. The number of hydrogen-bond donors (Lipinski definition) is 2. The molecule has 2 unspecified atom stereocenters. The highest BCUT2D eigenvalue weighted by Crippen LogP contribution is 2.24. The molecule has 2 N–H and O–H groups in total. The predicted molar refractivity (Wildman–Crippen MR) is 56.3 cm³/mol. The van der Waals surface area contributed by atoms with Crippen molar-refractivity contribution in [2.75, 3.05) is 13.1 Å². The van der Waals surface area contributed by atoms with Crippen LogP contribution in [0.25, 0.3) is 0 Å². The summed E-state index contributed by atoms with van der Waals surface area (Å²) in [6, 6.07) is 3.15. The van der Waals surface area contributed by atoms with Gasteiger partial charge in [0.1, 0.15) is 12.2 Å². The van der Waals surface area contributed by atoms with Crippen LogP contribution in [0.5, 0.6) is 5.75 Å². The second-order valence-electron chi connectivity index (χ2n) is 3.75. The lowest BCUT2D eigenvalue weighted by molar-refractivity contribution is -0.385. The van der Waals surface area contributed by atoms with Crippen LogP contribution in [0.4, 0.5) is 10.1 Å². The van der Waals surface area contributed by atoms with Gasteiger partial charge in [0, 0.05) is 19.2 Å². The molecular formula is C10H11FN2O4. The van der Waals surface area contributed by atoms with Gasteiger partial charge in [-0.2, -0.15) is 0 Å². The third-order valence-electron chi connectivity index (χ3n) is 2.53. The molecule has 0 aromatic heterocycles. The molecule has 7 heteroatoms. The topological polar surface area (TPSA) is 84.6 Å². The van der Waals surface area contributed by atoms with Crippen molar-refractivity contribution < 1.29 is 19.2 Å². The van der Waals surface area contributed by atoms with E-state index in [1.807, 2.05) is 0 Å². The zero-order valence-corrected chi connectivity index (χ0v) is 8.80. The molecule has 92 valence electrons. The highest BCUT2D eigenvalue weighted by molar-refractivity contribution is 5.37. The maximum Gasteiger partial charge on any atom is 0.272 e. The average molecular weight is 242 g/mol. The number of aliphatic hydroxyl groups is 1. The van der Waals surface area contributed by atoms with Crippen molar-refractivity contribution in [3.05, 3.63) is 34.1 Å². The number of halogens is 1. The van der Waals surface area contributed by atoms with Gasteiger partial charge in [0.15, 0.2) is 11.6 Å². The molecule has 17 heavy (non-hydrogen) atoms. The fraction of sp³-hybridized carbons (Fsp3) is 0.400. The van der Waals surface area contributed by atoms with Gasteiger partial charge in [0.25, 0.3) is 5.69 Å². The van der Waals surface area contributed by atoms with Crippen LogP contribution in [0.15, 0.2) is 18.2 Å². The minimum Gasteiger partial charge on any atom is -0.483 e. The fourth-order valence-corrected chi connectivity index (χ4v) is 1.62. The number of ether oxygens (including phenoxy) is 1. The van der Waals surface area contributed by atoms with E-state index in [1.54, 1.807) is 0 Å². The number of hydrogen-bond acceptors (Lipinski definition) is 5. The van der Waals surface area contributed by atoms with Crippen LogP contribution in [0.1, 0.15) is 0 Å². The summed E-state index contributed by atoms with van der Waals surface area (Å²) >= 11 is 0. The normalized spacial score (nSPS) is 23.6. The first-order valence-electron chi connectivity index (χ1n) is 5.07. The Hall–Kier alpha value is -1.73. The van der Waals surface area contributed by atoms with Crippen LogP contribution in [0.2, 0.25) is 0 Å². The van der Waals surface area contributed by atoms with Crippen molar-refractivity contribution in [3.63, 3.8) is 0 Å². The molecular weight excluding hydrogens is 231 g/mol. The Bertz CT molecular complexity index is 440. The van der Waals surface area contributed by atoms with E-state index < -0.39 is 22.9 Å². The summed E-state index contributed by atoms with van der Waals surface area (Å²) in [6.45, 7) is 0.802. The van der Waals surface area contributed by atoms with E-state index in [2.05, 4.69) is 5.32 Å². The molecule has 0 aliphatic carbocycles. The van der Waals surface area contributed by atoms with Crippen LogP contribution < -0.4 is 10.1 Å². The zero-order valence-electron chi connectivity index (χ0n) is 8.80. The number of aliphatic hydroxyl groups excluding tert-OH is 1. The summed E-state index contributed by atoms with van der Waals surface area (Å²) in [5.41, 5.74) is -0.333. The van der Waals surface area contributed by atoms with Crippen LogP contribution in [0, 0.1) is 15.9 Å². The van der Waals surface area contributed by atoms with Crippen LogP contribution >= 0.6 is 0 Å². The molecule has 0 radical (unpaired) electrons. The molecule has 1 aromatic rings. The first kappa shape index (κ1) is 11.7. The van der Waals surface area contributed by atoms with Crippen molar-refractivity contribution in [1.82, 2.24) is 5.32 Å². The summed E-state index contributed by atoms with van der Waals surface area (Å²) in [4.78, 5) is 9.73. The largest absolute Gasteiger partial charge is 0.483 e. The van der Waals surface area contributed by atoms with Gasteiger partial charge in [-0.05, 0) is 6.07 Å². The molecule has 2 atom stereocenters. The molecule has 1 aromatic carbocycles. The van der Waals surface area contributed by atoms with Gasteiger partial charge in [-0.25, -0.2) is 4.39 Å². The molecule has 6 nitrogen and oxygen atoms in total. The van der Waals surface area contributed by atoms with Crippen molar-refractivity contribution in [1.29, 1.82) is 0 Å². The van der Waals surface area contributed by atoms with Crippen molar-refractivity contribution in [2.24, 2.45) is 0 Å². The Morgan fingerprint density at radius 2 is 2.29 bits per heavy atom. The van der Waals surface area contributed by atoms with E-state index in [4.69, 9.17) is 4.74 Å². The molecule has 0 saturated carbocycles. The van der Waals surface area contributed by atoms with Gasteiger partial charge in [-0.1, -0.05) is 0 Å².